The highest BCUT2D eigenvalue weighted by Crippen LogP contribution is 2.32. The largest absolute Gasteiger partial charge is 0.496 e. The van der Waals surface area contributed by atoms with Gasteiger partial charge in [-0.15, -0.1) is 0 Å². The van der Waals surface area contributed by atoms with E-state index in [-0.39, 0.29) is 11.8 Å². The molecule has 0 saturated heterocycles. The lowest BCUT2D eigenvalue weighted by atomic mass is 9.91. The zero-order chi connectivity index (χ0) is 13.9. The van der Waals surface area contributed by atoms with Crippen molar-refractivity contribution in [1.29, 1.82) is 0 Å². The Labute approximate surface area is 109 Å². The lowest BCUT2D eigenvalue weighted by molar-refractivity contribution is -0.117. The van der Waals surface area contributed by atoms with Crippen LogP contribution >= 0.6 is 0 Å². The van der Waals surface area contributed by atoms with Crippen LogP contribution in [0, 0.1) is 6.92 Å². The molecule has 0 aliphatic carbocycles. The first kappa shape index (κ1) is 14.7. The minimum Gasteiger partial charge on any atom is -0.496 e. The molecule has 0 amide bonds. The minimum absolute atomic E-state index is 0.115. The van der Waals surface area contributed by atoms with Crippen LogP contribution in [0.1, 0.15) is 55.8 Å². The van der Waals surface area contributed by atoms with E-state index in [1.165, 1.54) is 0 Å². The van der Waals surface area contributed by atoms with Crippen molar-refractivity contribution in [2.24, 2.45) is 5.73 Å². The zero-order valence-corrected chi connectivity index (χ0v) is 11.9. The third-order valence-electron chi connectivity index (χ3n) is 3.15. The van der Waals surface area contributed by atoms with Gasteiger partial charge in [-0.1, -0.05) is 19.9 Å². The molecule has 0 fully saturated rings. The molecule has 3 nitrogen and oxygen atoms in total. The summed E-state index contributed by atoms with van der Waals surface area (Å²) >= 11 is 0. The molecule has 1 rings (SSSR count). The van der Waals surface area contributed by atoms with Gasteiger partial charge < -0.3 is 10.5 Å². The van der Waals surface area contributed by atoms with Crippen molar-refractivity contribution in [3.8, 4) is 5.75 Å². The van der Waals surface area contributed by atoms with Gasteiger partial charge >= 0.3 is 0 Å². The van der Waals surface area contributed by atoms with E-state index < -0.39 is 0 Å². The molecule has 0 saturated carbocycles. The first-order valence-electron chi connectivity index (χ1n) is 6.30. The first-order chi connectivity index (χ1) is 8.36. The van der Waals surface area contributed by atoms with Crippen molar-refractivity contribution < 1.29 is 9.53 Å². The highest BCUT2D eigenvalue weighted by atomic mass is 16.5. The van der Waals surface area contributed by atoms with E-state index in [4.69, 9.17) is 10.5 Å². The Morgan fingerprint density at radius 3 is 2.39 bits per heavy atom. The normalized spacial score (nSPS) is 12.6. The molecule has 1 atom stereocenters. The number of ether oxygens (including phenoxy) is 1. The molecular formula is C15H23NO2. The molecule has 1 aromatic rings. The molecule has 0 bridgehead atoms. The van der Waals surface area contributed by atoms with Crippen LogP contribution in [0.2, 0.25) is 0 Å². The summed E-state index contributed by atoms with van der Waals surface area (Å²) < 4.78 is 5.40. The summed E-state index contributed by atoms with van der Waals surface area (Å²) in [7, 11) is 1.68. The number of hydrogen-bond donors (Lipinski definition) is 1. The van der Waals surface area contributed by atoms with Crippen LogP contribution in [0.5, 0.6) is 5.75 Å². The summed E-state index contributed by atoms with van der Waals surface area (Å²) in [6, 6.07) is 3.85. The van der Waals surface area contributed by atoms with E-state index in [1.54, 1.807) is 14.0 Å². The fourth-order valence-corrected chi connectivity index (χ4v) is 2.16. The van der Waals surface area contributed by atoms with Crippen LogP contribution in [0.25, 0.3) is 0 Å². The zero-order valence-electron chi connectivity index (χ0n) is 11.9. The van der Waals surface area contributed by atoms with Gasteiger partial charge in [-0.05, 0) is 42.5 Å². The molecular weight excluding hydrogens is 226 g/mol. The molecule has 0 aliphatic rings. The second-order valence-corrected chi connectivity index (χ2v) is 5.12. The first-order valence-corrected chi connectivity index (χ1v) is 6.30. The van der Waals surface area contributed by atoms with Crippen LogP contribution in [0.15, 0.2) is 12.1 Å². The maximum atomic E-state index is 11.2. The Bertz CT molecular complexity index is 438. The van der Waals surface area contributed by atoms with Crippen molar-refractivity contribution in [3.05, 3.63) is 28.8 Å². The molecule has 100 valence electrons. The quantitative estimate of drug-likeness (QED) is 0.872. The van der Waals surface area contributed by atoms with Crippen LogP contribution < -0.4 is 10.5 Å². The number of Topliss-reactive ketones (excluding diaryl/α,β-unsaturated/α-hetero) is 1. The Balaban J connectivity index is 3.20. The van der Waals surface area contributed by atoms with Gasteiger partial charge in [-0.3, -0.25) is 4.79 Å². The van der Waals surface area contributed by atoms with Gasteiger partial charge in [0.15, 0.2) is 0 Å². The predicted molar refractivity (Wildman–Crippen MR) is 74.0 cm³/mol. The number of rotatable bonds is 5. The lowest BCUT2D eigenvalue weighted by Crippen LogP contribution is -2.15. The number of hydrogen-bond acceptors (Lipinski definition) is 3. The number of aryl methyl sites for hydroxylation is 1. The van der Waals surface area contributed by atoms with Gasteiger partial charge in [-0.2, -0.15) is 0 Å². The Hall–Kier alpha value is -1.35. The van der Waals surface area contributed by atoms with Crippen molar-refractivity contribution in [3.63, 3.8) is 0 Å². The molecule has 3 heteroatoms. The summed E-state index contributed by atoms with van der Waals surface area (Å²) in [5, 5.41) is 0. The standard InChI is InChI=1S/C15H23NO2/c1-9(2)12-8-13(14(16)7-11(4)17)10(3)6-15(12)18-5/h6,8-9,14H,7,16H2,1-5H3. The number of benzene rings is 1. The monoisotopic (exact) mass is 249 g/mol. The van der Waals surface area contributed by atoms with Gasteiger partial charge in [-0.25, -0.2) is 0 Å². The second kappa shape index (κ2) is 6.01. The lowest BCUT2D eigenvalue weighted by Gasteiger charge is -2.19. The molecule has 2 N–H and O–H groups in total. The maximum absolute atomic E-state index is 11.2. The fraction of sp³-hybridized carbons (Fsp3) is 0.533. The predicted octanol–water partition coefficient (Wildman–Crippen LogP) is 3.11. The molecule has 0 spiro atoms. The highest BCUT2D eigenvalue weighted by Gasteiger charge is 2.16. The molecule has 18 heavy (non-hydrogen) atoms. The van der Waals surface area contributed by atoms with E-state index >= 15 is 0 Å². The molecule has 0 radical (unpaired) electrons. The molecule has 0 aliphatic heterocycles. The fourth-order valence-electron chi connectivity index (χ4n) is 2.16. The van der Waals surface area contributed by atoms with Crippen molar-refractivity contribution in [1.82, 2.24) is 0 Å². The summed E-state index contributed by atoms with van der Waals surface area (Å²) in [5.74, 6) is 1.37. The average Bonchev–Trinajstić information content (AvgIpc) is 2.26. The third-order valence-corrected chi connectivity index (χ3v) is 3.15. The Morgan fingerprint density at radius 2 is 1.94 bits per heavy atom. The molecule has 0 heterocycles. The molecule has 0 aromatic heterocycles. The number of ketones is 1. The van der Waals surface area contributed by atoms with Crippen LogP contribution in [0.3, 0.4) is 0 Å². The number of carbonyl (C=O) groups is 1. The number of carbonyl (C=O) groups excluding carboxylic acids is 1. The molecule has 1 aromatic carbocycles. The van der Waals surface area contributed by atoms with Gasteiger partial charge in [0, 0.05) is 12.5 Å². The Kier molecular flexibility index (Phi) is 4.91. The second-order valence-electron chi connectivity index (χ2n) is 5.12. The highest BCUT2D eigenvalue weighted by molar-refractivity contribution is 5.76. The van der Waals surface area contributed by atoms with Crippen molar-refractivity contribution in [2.75, 3.05) is 7.11 Å². The summed E-state index contributed by atoms with van der Waals surface area (Å²) in [5.41, 5.74) is 9.34. The summed E-state index contributed by atoms with van der Waals surface area (Å²) in [6.07, 6.45) is 0.380. The summed E-state index contributed by atoms with van der Waals surface area (Å²) in [4.78, 5) is 11.2. The van der Waals surface area contributed by atoms with E-state index in [9.17, 15) is 4.79 Å². The van der Waals surface area contributed by atoms with Gasteiger partial charge in [0.05, 0.1) is 7.11 Å². The van der Waals surface area contributed by atoms with Gasteiger partial charge in [0.2, 0.25) is 0 Å². The number of nitrogens with two attached hydrogens (primary N) is 1. The summed E-state index contributed by atoms with van der Waals surface area (Å²) in [6.45, 7) is 7.81. The van der Waals surface area contributed by atoms with Gasteiger partial charge in [0.25, 0.3) is 0 Å². The smallest absolute Gasteiger partial charge is 0.131 e. The average molecular weight is 249 g/mol. The minimum atomic E-state index is -0.231. The topological polar surface area (TPSA) is 52.3 Å². The van der Waals surface area contributed by atoms with Crippen molar-refractivity contribution in [2.45, 2.75) is 46.1 Å². The van der Waals surface area contributed by atoms with Gasteiger partial charge in [0.1, 0.15) is 11.5 Å². The SMILES string of the molecule is COc1cc(C)c(C(N)CC(C)=O)cc1C(C)C. The van der Waals surface area contributed by atoms with Crippen molar-refractivity contribution >= 4 is 5.78 Å². The van der Waals surface area contributed by atoms with E-state index in [1.807, 2.05) is 13.0 Å². The Morgan fingerprint density at radius 1 is 1.33 bits per heavy atom. The van der Waals surface area contributed by atoms with E-state index in [2.05, 4.69) is 19.9 Å². The maximum Gasteiger partial charge on any atom is 0.131 e. The number of methoxy groups -OCH3 is 1. The van der Waals surface area contributed by atoms with E-state index in [0.29, 0.717) is 12.3 Å². The molecule has 1 unspecified atom stereocenters. The van der Waals surface area contributed by atoms with Crippen LogP contribution in [-0.4, -0.2) is 12.9 Å². The van der Waals surface area contributed by atoms with E-state index in [0.717, 1.165) is 22.4 Å². The van der Waals surface area contributed by atoms with Crippen LogP contribution in [0.4, 0.5) is 0 Å². The third kappa shape index (κ3) is 3.33. The van der Waals surface area contributed by atoms with Crippen LogP contribution in [-0.2, 0) is 4.79 Å².